The predicted octanol–water partition coefficient (Wildman–Crippen LogP) is 3.68. The minimum atomic E-state index is 0.201. The van der Waals surface area contributed by atoms with E-state index in [1.807, 2.05) is 37.6 Å². The number of pyridine rings is 1. The Hall–Kier alpha value is -2.38. The summed E-state index contributed by atoms with van der Waals surface area (Å²) in [7, 11) is 0. The molecule has 1 aliphatic heterocycles. The summed E-state index contributed by atoms with van der Waals surface area (Å²) in [5.41, 5.74) is 2.25. The third-order valence-electron chi connectivity index (χ3n) is 4.54. The third-order valence-corrected chi connectivity index (χ3v) is 5.20. The van der Waals surface area contributed by atoms with Crippen LogP contribution in [0.3, 0.4) is 0 Å². The van der Waals surface area contributed by atoms with Gasteiger partial charge >= 0.3 is 0 Å². The molecule has 0 aliphatic carbocycles. The lowest BCUT2D eigenvalue weighted by Crippen LogP contribution is -2.53. The van der Waals surface area contributed by atoms with E-state index >= 15 is 0 Å². The van der Waals surface area contributed by atoms with Gasteiger partial charge in [0.25, 0.3) is 0 Å². The van der Waals surface area contributed by atoms with Crippen LogP contribution >= 0.6 is 11.8 Å². The highest BCUT2D eigenvalue weighted by atomic mass is 32.2. The van der Waals surface area contributed by atoms with Gasteiger partial charge in [0, 0.05) is 31.3 Å². The number of likely N-dealkylation sites (tertiary alicyclic amines) is 1. The highest BCUT2D eigenvalue weighted by Crippen LogP contribution is 2.25. The first-order valence-electron chi connectivity index (χ1n) is 9.04. The van der Waals surface area contributed by atoms with Crippen LogP contribution in [0.2, 0.25) is 0 Å². The molecule has 0 N–H and O–H groups in total. The summed E-state index contributed by atoms with van der Waals surface area (Å²) in [6.07, 6.45) is 4.93. The topological polar surface area (TPSA) is 64.3 Å². The maximum atomic E-state index is 6.04. The second-order valence-corrected chi connectivity index (χ2v) is 7.33. The minimum Gasteiger partial charge on any atom is -0.488 e. The van der Waals surface area contributed by atoms with Crippen LogP contribution in [-0.4, -0.2) is 45.5 Å². The lowest BCUT2D eigenvalue weighted by Gasteiger charge is -2.38. The van der Waals surface area contributed by atoms with Crippen LogP contribution in [0.5, 0.6) is 5.75 Å². The van der Waals surface area contributed by atoms with Crippen molar-refractivity contribution in [2.75, 3.05) is 19.3 Å². The number of hydrogen-bond donors (Lipinski definition) is 0. The van der Waals surface area contributed by atoms with Crippen LogP contribution in [0, 0.1) is 0 Å². The van der Waals surface area contributed by atoms with Gasteiger partial charge in [-0.1, -0.05) is 30.3 Å². The molecule has 1 fully saturated rings. The van der Waals surface area contributed by atoms with Crippen molar-refractivity contribution >= 4 is 11.8 Å². The van der Waals surface area contributed by atoms with Crippen molar-refractivity contribution in [2.45, 2.75) is 31.0 Å². The molecule has 27 heavy (non-hydrogen) atoms. The van der Waals surface area contributed by atoms with Crippen LogP contribution in [0.25, 0.3) is 11.1 Å². The van der Waals surface area contributed by atoms with Crippen LogP contribution in [0.1, 0.15) is 18.6 Å². The fraction of sp³-hybridized carbons (Fsp3) is 0.350. The molecule has 0 radical (unpaired) electrons. The predicted molar refractivity (Wildman–Crippen MR) is 105 cm³/mol. The molecule has 0 bridgehead atoms. The molecule has 3 aromatic rings. The molecule has 7 heteroatoms. The molecule has 6 nitrogen and oxygen atoms in total. The van der Waals surface area contributed by atoms with Gasteiger partial charge < -0.3 is 9.26 Å². The summed E-state index contributed by atoms with van der Waals surface area (Å²) in [6.45, 7) is 4.44. The molecule has 0 saturated carbocycles. The zero-order valence-corrected chi connectivity index (χ0v) is 16.3. The summed E-state index contributed by atoms with van der Waals surface area (Å²) in [4.78, 5) is 11.0. The minimum absolute atomic E-state index is 0.201. The Morgan fingerprint density at radius 2 is 1.93 bits per heavy atom. The van der Waals surface area contributed by atoms with E-state index in [4.69, 9.17) is 9.26 Å². The van der Waals surface area contributed by atoms with Crippen molar-refractivity contribution in [2.24, 2.45) is 0 Å². The molecule has 1 aromatic carbocycles. The summed E-state index contributed by atoms with van der Waals surface area (Å²) in [5.74, 6) is 2.33. The maximum Gasteiger partial charge on any atom is 0.240 e. The largest absolute Gasteiger partial charge is 0.488 e. The van der Waals surface area contributed by atoms with Gasteiger partial charge in [0.05, 0.1) is 11.6 Å². The van der Waals surface area contributed by atoms with Crippen LogP contribution in [0.15, 0.2) is 52.1 Å². The summed E-state index contributed by atoms with van der Waals surface area (Å²) in [6, 6.07) is 12.3. The molecule has 4 rings (SSSR count). The second-order valence-electron chi connectivity index (χ2n) is 6.51. The number of ether oxygens (including phenoxy) is 1. The highest BCUT2D eigenvalue weighted by Gasteiger charge is 2.29. The third kappa shape index (κ3) is 4.31. The standard InChI is InChI=1S/C20H22N4O2S/c1-3-18-22-19(26-23-18)13-24-11-17(12-24)25-16-7-4-14(5-8-16)15-6-9-20(27-2)21-10-15/h4-10,17H,3,11-13H2,1-2H3. The van der Waals surface area contributed by atoms with E-state index in [0.717, 1.165) is 47.2 Å². The molecule has 1 aliphatic rings. The van der Waals surface area contributed by atoms with Crippen molar-refractivity contribution in [1.82, 2.24) is 20.0 Å². The number of nitrogens with zero attached hydrogens (tertiary/aromatic N) is 4. The Kier molecular flexibility index (Phi) is 5.40. The lowest BCUT2D eigenvalue weighted by atomic mass is 10.1. The Morgan fingerprint density at radius 3 is 2.56 bits per heavy atom. The zero-order valence-electron chi connectivity index (χ0n) is 15.5. The zero-order chi connectivity index (χ0) is 18.6. The average Bonchev–Trinajstić information content (AvgIpc) is 3.15. The molecule has 0 spiro atoms. The molecular weight excluding hydrogens is 360 g/mol. The van der Waals surface area contributed by atoms with Gasteiger partial charge in [0.15, 0.2) is 5.82 Å². The van der Waals surface area contributed by atoms with Crippen LogP contribution in [-0.2, 0) is 13.0 Å². The number of benzene rings is 1. The summed E-state index contributed by atoms with van der Waals surface area (Å²) < 4.78 is 11.3. The summed E-state index contributed by atoms with van der Waals surface area (Å²) >= 11 is 1.65. The van der Waals surface area contributed by atoms with E-state index in [-0.39, 0.29) is 6.10 Å². The fourth-order valence-electron chi connectivity index (χ4n) is 3.01. The van der Waals surface area contributed by atoms with Gasteiger partial charge in [0.1, 0.15) is 11.9 Å². The number of aromatic nitrogens is 3. The Morgan fingerprint density at radius 1 is 1.15 bits per heavy atom. The normalized spacial score (nSPS) is 14.9. The molecule has 0 amide bonds. The molecule has 0 unspecified atom stereocenters. The molecule has 3 heterocycles. The van der Waals surface area contributed by atoms with Gasteiger partial charge in [-0.15, -0.1) is 11.8 Å². The van der Waals surface area contributed by atoms with Crippen molar-refractivity contribution in [3.8, 4) is 16.9 Å². The average molecular weight is 382 g/mol. The van der Waals surface area contributed by atoms with Crippen molar-refractivity contribution in [3.63, 3.8) is 0 Å². The van der Waals surface area contributed by atoms with Gasteiger partial charge in [-0.3, -0.25) is 4.90 Å². The van der Waals surface area contributed by atoms with E-state index in [1.54, 1.807) is 11.8 Å². The van der Waals surface area contributed by atoms with E-state index in [1.165, 1.54) is 0 Å². The molecule has 1 saturated heterocycles. The first-order chi connectivity index (χ1) is 13.2. The number of rotatable bonds is 7. The number of aryl methyl sites for hydroxylation is 1. The van der Waals surface area contributed by atoms with Crippen LogP contribution in [0.4, 0.5) is 0 Å². The Labute approximate surface area is 162 Å². The first-order valence-corrected chi connectivity index (χ1v) is 10.3. The van der Waals surface area contributed by atoms with Crippen molar-refractivity contribution in [1.29, 1.82) is 0 Å². The summed E-state index contributed by atoms with van der Waals surface area (Å²) in [5, 5.41) is 4.95. The Balaban J connectivity index is 1.28. The van der Waals surface area contributed by atoms with E-state index in [9.17, 15) is 0 Å². The van der Waals surface area contributed by atoms with E-state index in [0.29, 0.717) is 12.4 Å². The molecular formula is C20H22N4O2S. The molecule has 0 atom stereocenters. The van der Waals surface area contributed by atoms with Gasteiger partial charge in [0.2, 0.25) is 5.89 Å². The van der Waals surface area contributed by atoms with Crippen LogP contribution < -0.4 is 4.74 Å². The SMILES string of the molecule is CCc1noc(CN2CC(Oc3ccc(-c4ccc(SC)nc4)cc3)C2)n1. The number of hydrogen-bond acceptors (Lipinski definition) is 7. The quantitative estimate of drug-likeness (QED) is 0.578. The molecule has 140 valence electrons. The first kappa shape index (κ1) is 18.0. The van der Waals surface area contributed by atoms with Gasteiger partial charge in [-0.05, 0) is 30.0 Å². The second kappa shape index (κ2) is 8.10. The smallest absolute Gasteiger partial charge is 0.240 e. The lowest BCUT2D eigenvalue weighted by molar-refractivity contribution is 0.00864. The van der Waals surface area contributed by atoms with Gasteiger partial charge in [-0.2, -0.15) is 4.98 Å². The highest BCUT2D eigenvalue weighted by molar-refractivity contribution is 7.98. The van der Waals surface area contributed by atoms with Crippen molar-refractivity contribution < 1.29 is 9.26 Å². The van der Waals surface area contributed by atoms with Gasteiger partial charge in [-0.25, -0.2) is 4.98 Å². The van der Waals surface area contributed by atoms with E-state index < -0.39 is 0 Å². The molecule has 2 aromatic heterocycles. The monoisotopic (exact) mass is 382 g/mol. The Bertz CT molecular complexity index is 874. The number of thioether (sulfide) groups is 1. The fourth-order valence-corrected chi connectivity index (χ4v) is 3.37. The maximum absolute atomic E-state index is 6.04. The van der Waals surface area contributed by atoms with E-state index in [2.05, 4.69) is 38.2 Å². The van der Waals surface area contributed by atoms with Crippen molar-refractivity contribution in [3.05, 3.63) is 54.3 Å².